The first-order valence-corrected chi connectivity index (χ1v) is 13.5. The molecule has 42 heavy (non-hydrogen) atoms. The molecule has 2 aromatic heterocycles. The number of amides is 3. The fourth-order valence-corrected chi connectivity index (χ4v) is 4.20. The summed E-state index contributed by atoms with van der Waals surface area (Å²) in [5, 5.41) is 27.1. The summed E-state index contributed by atoms with van der Waals surface area (Å²) in [5.41, 5.74) is 13.4. The second-order valence-corrected chi connectivity index (χ2v) is 9.85. The molecule has 0 bridgehead atoms. The number of nitrogens with zero attached hydrogens (tertiary/aromatic N) is 2. The van der Waals surface area contributed by atoms with Crippen molar-refractivity contribution in [3.05, 3.63) is 66.3 Å². The van der Waals surface area contributed by atoms with Gasteiger partial charge in [-0.2, -0.15) is 0 Å². The van der Waals surface area contributed by atoms with Crippen molar-refractivity contribution in [1.82, 2.24) is 35.9 Å². The average Bonchev–Trinajstić information content (AvgIpc) is 3.67. The van der Waals surface area contributed by atoms with Crippen molar-refractivity contribution in [3.63, 3.8) is 0 Å². The number of aromatic amines is 2. The van der Waals surface area contributed by atoms with Gasteiger partial charge in [0, 0.05) is 43.0 Å². The molecule has 4 atom stereocenters. The smallest absolute Gasteiger partial charge is 0.326 e. The molecule has 3 rings (SSSR count). The number of unbranched alkanes of at least 4 members (excludes halogenated alkanes) is 1. The number of aliphatic carboxylic acids is 1. The molecule has 3 aromatic rings. The van der Waals surface area contributed by atoms with E-state index in [1.807, 2.05) is 0 Å². The number of carboxylic acids is 1. The molecule has 0 fully saturated rings. The summed E-state index contributed by atoms with van der Waals surface area (Å²) in [6.07, 6.45) is 7.29. The minimum Gasteiger partial charge on any atom is -0.508 e. The third kappa shape index (κ3) is 10.0. The van der Waals surface area contributed by atoms with E-state index in [1.165, 1.54) is 37.2 Å². The average molecular weight is 584 g/mol. The Kier molecular flexibility index (Phi) is 12.0. The Morgan fingerprint density at radius 3 is 1.88 bits per heavy atom. The molecule has 0 aliphatic rings. The van der Waals surface area contributed by atoms with Gasteiger partial charge in [0.2, 0.25) is 17.7 Å². The third-order valence-electron chi connectivity index (χ3n) is 6.51. The van der Waals surface area contributed by atoms with E-state index >= 15 is 0 Å². The molecular weight excluding hydrogens is 546 g/mol. The maximum Gasteiger partial charge on any atom is 0.326 e. The zero-order valence-corrected chi connectivity index (χ0v) is 23.0. The highest BCUT2D eigenvalue weighted by atomic mass is 16.4. The largest absolute Gasteiger partial charge is 0.508 e. The molecule has 3 amide bonds. The summed E-state index contributed by atoms with van der Waals surface area (Å²) >= 11 is 0. The van der Waals surface area contributed by atoms with Crippen LogP contribution in [0.1, 0.15) is 36.2 Å². The number of benzene rings is 1. The van der Waals surface area contributed by atoms with Crippen molar-refractivity contribution >= 4 is 23.7 Å². The Bertz CT molecular complexity index is 1280. The normalized spacial score (nSPS) is 13.9. The van der Waals surface area contributed by atoms with Crippen LogP contribution in [-0.2, 0) is 38.4 Å². The Hall–Kier alpha value is -4.76. The SMILES string of the molecule is NCCCCC(NC(=O)C(Cc1ccc(O)cc1)NC(=O)C(Cc1cnc[nH]1)NC(=O)C(N)Cc1cnc[nH]1)C(=O)O. The number of aromatic nitrogens is 4. The number of nitrogens with one attached hydrogen (secondary N) is 5. The maximum atomic E-state index is 13.6. The fraction of sp³-hybridized carbons (Fsp3) is 0.407. The number of aromatic hydroxyl groups is 1. The van der Waals surface area contributed by atoms with Gasteiger partial charge in [-0.15, -0.1) is 0 Å². The first-order valence-electron chi connectivity index (χ1n) is 13.5. The molecule has 0 saturated carbocycles. The van der Waals surface area contributed by atoms with Crippen LogP contribution in [0.15, 0.2) is 49.3 Å². The van der Waals surface area contributed by atoms with Gasteiger partial charge < -0.3 is 47.6 Å². The lowest BCUT2D eigenvalue weighted by Gasteiger charge is -2.25. The molecule has 0 aliphatic carbocycles. The molecule has 0 aliphatic heterocycles. The molecule has 4 unspecified atom stereocenters. The summed E-state index contributed by atoms with van der Waals surface area (Å²) in [6.45, 7) is 0.384. The van der Waals surface area contributed by atoms with Crippen LogP contribution in [0.2, 0.25) is 0 Å². The summed E-state index contributed by atoms with van der Waals surface area (Å²) in [6, 6.07) is 1.47. The second-order valence-electron chi connectivity index (χ2n) is 9.85. The summed E-state index contributed by atoms with van der Waals surface area (Å²) in [4.78, 5) is 65.3. The number of rotatable bonds is 17. The second kappa shape index (κ2) is 15.9. The molecule has 15 nitrogen and oxygen atoms in total. The van der Waals surface area contributed by atoms with Gasteiger partial charge in [-0.05, 0) is 43.5 Å². The lowest BCUT2D eigenvalue weighted by Crippen LogP contribution is -2.58. The quantitative estimate of drug-likeness (QED) is 0.0863. The van der Waals surface area contributed by atoms with Gasteiger partial charge in [0.05, 0.1) is 18.7 Å². The molecule has 0 spiro atoms. The minimum atomic E-state index is -1.22. The van der Waals surface area contributed by atoms with Gasteiger partial charge in [-0.1, -0.05) is 12.1 Å². The number of hydrogen-bond donors (Lipinski definition) is 9. The number of imidazole rings is 2. The molecule has 1 aromatic carbocycles. The Balaban J connectivity index is 1.79. The van der Waals surface area contributed by atoms with Crippen molar-refractivity contribution in [2.45, 2.75) is 62.7 Å². The zero-order valence-electron chi connectivity index (χ0n) is 23.0. The van der Waals surface area contributed by atoms with Crippen molar-refractivity contribution in [2.24, 2.45) is 11.5 Å². The van der Waals surface area contributed by atoms with Crippen molar-refractivity contribution in [1.29, 1.82) is 0 Å². The van der Waals surface area contributed by atoms with Gasteiger partial charge in [0.1, 0.15) is 23.9 Å². The standard InChI is InChI=1S/C27H37N9O6/c28-8-2-1-3-21(27(41)42)34-25(39)22(9-16-4-6-19(37)7-5-16)36-26(40)23(11-18-13-31-15-33-18)35-24(38)20(29)10-17-12-30-14-32-17/h4-7,12-15,20-23,37H,1-3,8-11,28-29H2,(H,30,32)(H,31,33)(H,34,39)(H,35,38)(H,36,40)(H,41,42). The van der Waals surface area contributed by atoms with Crippen LogP contribution in [0.4, 0.5) is 0 Å². The van der Waals surface area contributed by atoms with Crippen LogP contribution >= 0.6 is 0 Å². The van der Waals surface area contributed by atoms with Crippen LogP contribution in [0.3, 0.4) is 0 Å². The van der Waals surface area contributed by atoms with Crippen LogP contribution in [0, 0.1) is 0 Å². The van der Waals surface area contributed by atoms with E-state index < -0.39 is 47.9 Å². The van der Waals surface area contributed by atoms with Crippen molar-refractivity contribution < 1.29 is 29.4 Å². The molecule has 15 heteroatoms. The predicted molar refractivity (Wildman–Crippen MR) is 151 cm³/mol. The van der Waals surface area contributed by atoms with Crippen molar-refractivity contribution in [2.75, 3.05) is 6.54 Å². The topological polar surface area (TPSA) is 254 Å². The Labute approximate surface area is 241 Å². The lowest BCUT2D eigenvalue weighted by atomic mass is 10.0. The summed E-state index contributed by atoms with van der Waals surface area (Å²) in [7, 11) is 0. The van der Waals surface area contributed by atoms with Crippen LogP contribution in [-0.4, -0.2) is 84.6 Å². The van der Waals surface area contributed by atoms with Crippen LogP contribution in [0.25, 0.3) is 0 Å². The highest BCUT2D eigenvalue weighted by Gasteiger charge is 2.31. The van der Waals surface area contributed by atoms with E-state index in [9.17, 15) is 29.4 Å². The first kappa shape index (κ1) is 31.8. The van der Waals surface area contributed by atoms with Gasteiger partial charge in [-0.3, -0.25) is 14.4 Å². The maximum absolute atomic E-state index is 13.6. The predicted octanol–water partition coefficient (Wildman–Crippen LogP) is -1.14. The first-order chi connectivity index (χ1) is 20.2. The number of phenols is 1. The fourth-order valence-electron chi connectivity index (χ4n) is 4.20. The molecule has 0 radical (unpaired) electrons. The number of carbonyl (C=O) groups is 4. The lowest BCUT2D eigenvalue weighted by molar-refractivity contribution is -0.142. The van der Waals surface area contributed by atoms with Crippen LogP contribution < -0.4 is 27.4 Å². The molecule has 11 N–H and O–H groups in total. The number of H-pyrrole nitrogens is 2. The van der Waals surface area contributed by atoms with Gasteiger partial charge in [0.25, 0.3) is 0 Å². The molecule has 226 valence electrons. The number of carboxylic acid groups (broad SMARTS) is 1. The Morgan fingerprint density at radius 1 is 0.786 bits per heavy atom. The van der Waals surface area contributed by atoms with E-state index in [1.54, 1.807) is 12.1 Å². The zero-order chi connectivity index (χ0) is 30.5. The summed E-state index contributed by atoms with van der Waals surface area (Å²) in [5.74, 6) is -3.22. The highest BCUT2D eigenvalue weighted by Crippen LogP contribution is 2.13. The molecule has 0 saturated heterocycles. The van der Waals surface area contributed by atoms with Gasteiger partial charge in [0.15, 0.2) is 0 Å². The van der Waals surface area contributed by atoms with Gasteiger partial charge >= 0.3 is 5.97 Å². The molecular formula is C27H37N9O6. The monoisotopic (exact) mass is 583 g/mol. The number of carbonyl (C=O) groups excluding carboxylic acids is 3. The summed E-state index contributed by atoms with van der Waals surface area (Å²) < 4.78 is 0. The van der Waals surface area contributed by atoms with E-state index in [2.05, 4.69) is 35.9 Å². The van der Waals surface area contributed by atoms with Crippen molar-refractivity contribution in [3.8, 4) is 5.75 Å². The van der Waals surface area contributed by atoms with E-state index in [-0.39, 0.29) is 31.4 Å². The Morgan fingerprint density at radius 2 is 1.33 bits per heavy atom. The van der Waals surface area contributed by atoms with E-state index in [0.29, 0.717) is 36.3 Å². The van der Waals surface area contributed by atoms with E-state index in [0.717, 1.165) is 0 Å². The number of hydrogen-bond acceptors (Lipinski definition) is 9. The number of phenolic OH excluding ortho intramolecular Hbond substituents is 1. The van der Waals surface area contributed by atoms with E-state index in [4.69, 9.17) is 11.5 Å². The minimum absolute atomic E-state index is 0.0126. The van der Waals surface area contributed by atoms with Gasteiger partial charge in [-0.25, -0.2) is 14.8 Å². The van der Waals surface area contributed by atoms with Crippen LogP contribution in [0.5, 0.6) is 5.75 Å². The molecule has 2 heterocycles. The third-order valence-corrected chi connectivity index (χ3v) is 6.51. The number of nitrogens with two attached hydrogens (primary N) is 2. The highest BCUT2D eigenvalue weighted by molar-refractivity contribution is 5.94.